The van der Waals surface area contributed by atoms with Crippen molar-refractivity contribution in [2.45, 2.75) is 5.75 Å². The molecule has 0 saturated heterocycles. The fourth-order valence-corrected chi connectivity index (χ4v) is 3.18. The van der Waals surface area contributed by atoms with Gasteiger partial charge >= 0.3 is 10.9 Å². The van der Waals surface area contributed by atoms with Crippen molar-refractivity contribution in [1.29, 1.82) is 0 Å². The second-order valence-electron chi connectivity index (χ2n) is 2.76. The molecule has 0 aliphatic carbocycles. The molecule has 1 heterocycles. The molecule has 0 aliphatic heterocycles. The summed E-state index contributed by atoms with van der Waals surface area (Å²) in [5, 5.41) is 4.31. The van der Waals surface area contributed by atoms with Crippen molar-refractivity contribution in [3.05, 3.63) is 20.7 Å². The van der Waals surface area contributed by atoms with Gasteiger partial charge in [0.05, 0.1) is 0 Å². The number of hydrogen-bond acceptors (Lipinski definition) is 5. The molecule has 8 heteroatoms. The van der Waals surface area contributed by atoms with Gasteiger partial charge in [-0.05, 0) is 11.9 Å². The van der Waals surface area contributed by atoms with Crippen molar-refractivity contribution in [2.24, 2.45) is 0 Å². The predicted octanol–water partition coefficient (Wildman–Crippen LogP) is 1.25. The van der Waals surface area contributed by atoms with Gasteiger partial charge in [-0.1, -0.05) is 11.3 Å². The number of amides is 2. The predicted molar refractivity (Wildman–Crippen MR) is 71.2 cm³/mol. The Balaban J connectivity index is 2.00. The number of hydrogen-bond donors (Lipinski definition) is 3. The van der Waals surface area contributed by atoms with Crippen molar-refractivity contribution < 1.29 is 4.79 Å². The van der Waals surface area contributed by atoms with Crippen molar-refractivity contribution in [2.75, 3.05) is 18.6 Å². The van der Waals surface area contributed by atoms with Gasteiger partial charge < -0.3 is 10.3 Å². The van der Waals surface area contributed by atoms with E-state index in [9.17, 15) is 9.59 Å². The molecule has 90 valence electrons. The normalized spacial score (nSPS) is 10.1. The van der Waals surface area contributed by atoms with E-state index in [0.29, 0.717) is 0 Å². The summed E-state index contributed by atoms with van der Waals surface area (Å²) in [4.78, 5) is 24.4. The van der Waals surface area contributed by atoms with Crippen LogP contribution in [0, 0.1) is 0 Å². The third-order valence-corrected chi connectivity index (χ3v) is 4.27. The molecule has 3 N–H and O–H groups in total. The van der Waals surface area contributed by atoms with Gasteiger partial charge in [-0.3, -0.25) is 9.52 Å². The summed E-state index contributed by atoms with van der Waals surface area (Å²) < 4.78 is 2.63. The summed E-state index contributed by atoms with van der Waals surface area (Å²) >= 11 is 4.28. The van der Waals surface area contributed by atoms with Crippen LogP contribution in [0.5, 0.6) is 0 Å². The fraction of sp³-hybridized carbons (Fsp3) is 0.500. The van der Waals surface area contributed by atoms with Gasteiger partial charge in [0, 0.05) is 35.4 Å². The Labute approximate surface area is 106 Å². The number of nitrogens with one attached hydrogen (secondary N) is 3. The molecule has 0 atom stereocenters. The molecule has 1 aromatic heterocycles. The van der Waals surface area contributed by atoms with Crippen LogP contribution in [0.1, 0.15) is 5.69 Å². The molecule has 0 aliphatic rings. The summed E-state index contributed by atoms with van der Waals surface area (Å²) in [6.45, 7) is 0. The average Bonchev–Trinajstić information content (AvgIpc) is 2.69. The van der Waals surface area contributed by atoms with Crippen molar-refractivity contribution in [1.82, 2.24) is 15.0 Å². The van der Waals surface area contributed by atoms with E-state index in [1.165, 1.54) is 23.3 Å². The Kier molecular flexibility index (Phi) is 6.43. The van der Waals surface area contributed by atoms with Gasteiger partial charge in [0.25, 0.3) is 0 Å². The molecule has 0 fully saturated rings. The van der Waals surface area contributed by atoms with Gasteiger partial charge in [-0.25, -0.2) is 4.79 Å². The quantitative estimate of drug-likeness (QED) is 0.541. The number of H-pyrrole nitrogens is 1. The van der Waals surface area contributed by atoms with E-state index in [0.717, 1.165) is 23.0 Å². The van der Waals surface area contributed by atoms with Gasteiger partial charge in [-0.15, -0.1) is 0 Å². The van der Waals surface area contributed by atoms with Crippen molar-refractivity contribution in [3.8, 4) is 0 Å². The molecule has 16 heavy (non-hydrogen) atoms. The van der Waals surface area contributed by atoms with Crippen LogP contribution in [-0.4, -0.2) is 29.6 Å². The standard InChI is InChI=1S/C8H13N3O2S3/c1-9-7(12)11-16-3-2-14-4-6-5-15-8(13)10-6/h5H,2-4H2,1H3,(H,10,13)(H2,9,11,12). The number of aromatic amines is 1. The maximum absolute atomic E-state index is 10.8. The van der Waals surface area contributed by atoms with E-state index in [1.54, 1.807) is 18.8 Å². The Morgan fingerprint density at radius 2 is 2.38 bits per heavy atom. The highest BCUT2D eigenvalue weighted by atomic mass is 32.2. The highest BCUT2D eigenvalue weighted by Crippen LogP contribution is 2.11. The minimum atomic E-state index is -0.183. The lowest BCUT2D eigenvalue weighted by atomic mass is 10.6. The number of carbonyl (C=O) groups excluding carboxylic acids is 1. The molecule has 0 bridgehead atoms. The van der Waals surface area contributed by atoms with Crippen LogP contribution < -0.4 is 14.9 Å². The van der Waals surface area contributed by atoms with Crippen LogP contribution in [0.3, 0.4) is 0 Å². The molecule has 0 radical (unpaired) electrons. The topological polar surface area (TPSA) is 74.0 Å². The summed E-state index contributed by atoms with van der Waals surface area (Å²) in [5.74, 6) is 2.57. The lowest BCUT2D eigenvalue weighted by Crippen LogP contribution is -2.27. The van der Waals surface area contributed by atoms with Crippen LogP contribution in [-0.2, 0) is 5.75 Å². The zero-order valence-corrected chi connectivity index (χ0v) is 11.2. The van der Waals surface area contributed by atoms with Crippen LogP contribution in [0.2, 0.25) is 0 Å². The zero-order chi connectivity index (χ0) is 11.8. The maximum atomic E-state index is 10.8. The molecule has 0 spiro atoms. The van der Waals surface area contributed by atoms with Crippen molar-refractivity contribution in [3.63, 3.8) is 0 Å². The third kappa shape index (κ3) is 5.47. The summed E-state index contributed by atoms with van der Waals surface area (Å²) in [5.41, 5.74) is 0.962. The first-order valence-electron chi connectivity index (χ1n) is 4.56. The lowest BCUT2D eigenvalue weighted by molar-refractivity contribution is 0.248. The molecular weight excluding hydrogens is 266 g/mol. The number of urea groups is 1. The maximum Gasteiger partial charge on any atom is 0.324 e. The molecule has 1 aromatic rings. The number of thioether (sulfide) groups is 1. The zero-order valence-electron chi connectivity index (χ0n) is 8.74. The summed E-state index contributed by atoms with van der Waals surface area (Å²) in [6, 6.07) is -0.183. The van der Waals surface area contributed by atoms with Crippen LogP contribution >= 0.6 is 35.0 Å². The number of thiazole rings is 1. The minimum Gasteiger partial charge on any atom is -0.341 e. The van der Waals surface area contributed by atoms with Crippen LogP contribution in [0.25, 0.3) is 0 Å². The first kappa shape index (κ1) is 13.5. The van der Waals surface area contributed by atoms with Crippen LogP contribution in [0.15, 0.2) is 10.2 Å². The molecule has 2 amide bonds. The molecule has 0 unspecified atom stereocenters. The third-order valence-electron chi connectivity index (χ3n) is 1.55. The number of carbonyl (C=O) groups is 1. The lowest BCUT2D eigenvalue weighted by Gasteiger charge is -2.02. The van der Waals surface area contributed by atoms with Gasteiger partial charge in [-0.2, -0.15) is 11.8 Å². The summed E-state index contributed by atoms with van der Waals surface area (Å²) in [6.07, 6.45) is 0. The Morgan fingerprint density at radius 1 is 1.56 bits per heavy atom. The Bertz CT molecular complexity index is 377. The largest absolute Gasteiger partial charge is 0.341 e. The first-order chi connectivity index (χ1) is 7.72. The van der Waals surface area contributed by atoms with Gasteiger partial charge in [0.2, 0.25) is 0 Å². The molecule has 1 rings (SSSR count). The van der Waals surface area contributed by atoms with E-state index >= 15 is 0 Å². The highest BCUT2D eigenvalue weighted by Gasteiger charge is 1.98. The number of aromatic nitrogens is 1. The molecule has 0 aromatic carbocycles. The second kappa shape index (κ2) is 7.64. The SMILES string of the molecule is CNC(=O)NSCCSCc1csc(=O)[nH]1. The monoisotopic (exact) mass is 279 g/mol. The molecular formula is C8H13N3O2S3. The highest BCUT2D eigenvalue weighted by molar-refractivity contribution is 8.01. The van der Waals surface area contributed by atoms with E-state index in [1.807, 2.05) is 5.38 Å². The van der Waals surface area contributed by atoms with Crippen LogP contribution in [0.4, 0.5) is 4.79 Å². The van der Waals surface area contributed by atoms with E-state index in [4.69, 9.17) is 0 Å². The average molecular weight is 279 g/mol. The van der Waals surface area contributed by atoms with E-state index < -0.39 is 0 Å². The van der Waals surface area contributed by atoms with Gasteiger partial charge in [0.1, 0.15) is 0 Å². The fourth-order valence-electron chi connectivity index (χ4n) is 0.835. The number of rotatable bonds is 6. The van der Waals surface area contributed by atoms with Gasteiger partial charge in [0.15, 0.2) is 0 Å². The smallest absolute Gasteiger partial charge is 0.324 e. The molecule has 0 saturated carbocycles. The van der Waals surface area contributed by atoms with E-state index in [-0.39, 0.29) is 10.9 Å². The molecule has 5 nitrogen and oxygen atoms in total. The Hall–Kier alpha value is -0.600. The van der Waals surface area contributed by atoms with Crippen molar-refractivity contribution >= 4 is 41.1 Å². The second-order valence-corrected chi connectivity index (χ2v) is 5.60. The van der Waals surface area contributed by atoms with E-state index in [2.05, 4.69) is 15.0 Å². The summed E-state index contributed by atoms with van der Waals surface area (Å²) in [7, 11) is 1.58. The first-order valence-corrected chi connectivity index (χ1v) is 7.58. The Morgan fingerprint density at radius 3 is 3.00 bits per heavy atom. The minimum absolute atomic E-state index is 0.00809.